The third-order valence-corrected chi connectivity index (χ3v) is 16.5. The Morgan fingerprint density at radius 1 is 0.169 bits per heavy atom. The van der Waals surface area contributed by atoms with Crippen LogP contribution in [-0.2, 0) is 38.4 Å². The predicted molar refractivity (Wildman–Crippen MR) is 663 cm³/mol. The Bertz CT molecular complexity index is 4560. The molecule has 0 fully saturated rings. The van der Waals surface area contributed by atoms with Crippen molar-refractivity contribution in [1.29, 1.82) is 0 Å². The highest BCUT2D eigenvalue weighted by molar-refractivity contribution is 6.05. The average molecular weight is 1930 g/mol. The third-order valence-electron chi connectivity index (χ3n) is 16.5. The highest BCUT2D eigenvalue weighted by Gasteiger charge is 2.13. The fourth-order valence-electron chi connectivity index (χ4n) is 11.5. The van der Waals surface area contributed by atoms with E-state index < -0.39 is 0 Å². The van der Waals surface area contributed by atoms with Gasteiger partial charge in [-0.2, -0.15) is 0 Å². The summed E-state index contributed by atoms with van der Waals surface area (Å²) in [4.78, 5) is 37.8. The first kappa shape index (κ1) is 160. The molecule has 1 aliphatic carbocycles. The van der Waals surface area contributed by atoms with E-state index in [1.165, 1.54) is 171 Å². The van der Waals surface area contributed by atoms with E-state index in [0.29, 0.717) is 0 Å². The maximum Gasteiger partial charge on any atom is 0.126 e. The number of rotatable bonds is 2. The molecule has 0 unspecified atom stereocenters. The quantitative estimate of drug-likeness (QED) is 0.162. The Morgan fingerprint density at radius 3 is 0.380 bits per heavy atom. The molecule has 0 bridgehead atoms. The monoisotopic (exact) mass is 1930 g/mol. The van der Waals surface area contributed by atoms with Crippen LogP contribution in [0, 0.1) is 13.8 Å². The highest BCUT2D eigenvalue weighted by Crippen LogP contribution is 2.32. The van der Waals surface area contributed by atoms with E-state index in [4.69, 9.17) is 0 Å². The maximum atomic E-state index is 9.44. The molecule has 0 atom stereocenters. The van der Waals surface area contributed by atoms with Crippen molar-refractivity contribution in [3.8, 4) is 0 Å². The van der Waals surface area contributed by atoms with E-state index >= 15 is 0 Å². The second-order valence-corrected chi connectivity index (χ2v) is 27.4. The summed E-state index contributed by atoms with van der Waals surface area (Å²) in [6.07, 6.45) is 4.49. The van der Waals surface area contributed by atoms with Crippen LogP contribution in [0.5, 0.6) is 0 Å². The number of hydrogen-bond donors (Lipinski definition) is 0. The molecule has 0 aromatic heterocycles. The molecule has 17 aromatic carbocycles. The molecule has 0 radical (unpaired) electrons. The Kier molecular flexibility index (Phi) is 131. The van der Waals surface area contributed by atoms with E-state index in [1.54, 1.807) is 0 Å². The van der Waals surface area contributed by atoms with Crippen LogP contribution in [0.3, 0.4) is 0 Å². The zero-order valence-electron chi connectivity index (χ0n) is 88.9. The summed E-state index contributed by atoms with van der Waals surface area (Å²) in [6, 6.07) is 147. The van der Waals surface area contributed by atoms with Crippen LogP contribution in [0.1, 0.15) is 318 Å². The molecule has 142 heavy (non-hydrogen) atoms. The number of aryl methyl sites for hydroxylation is 2. The number of ketones is 4. The van der Waals surface area contributed by atoms with Crippen molar-refractivity contribution in [3.05, 3.63) is 469 Å². The molecule has 1 aliphatic rings. The zero-order valence-corrected chi connectivity index (χ0v) is 88.9. The minimum absolute atomic E-state index is 0. The number of hydrogen-bond acceptors (Lipinski definition) is 4. The van der Waals surface area contributed by atoms with Gasteiger partial charge in [0.25, 0.3) is 0 Å². The minimum Gasteiger partial charge on any atom is -0.300 e. The summed E-state index contributed by atoms with van der Waals surface area (Å²) in [5.74, 6) is 0.667. The molecule has 4 heteroatoms. The van der Waals surface area contributed by atoms with Gasteiger partial charge in [0.1, 0.15) is 23.1 Å². The van der Waals surface area contributed by atoms with E-state index in [1.807, 2.05) is 211 Å². The van der Waals surface area contributed by atoms with Crippen molar-refractivity contribution in [2.75, 3.05) is 0 Å². The largest absolute Gasteiger partial charge is 0.300 e. The van der Waals surface area contributed by atoms with Crippen molar-refractivity contribution in [2.45, 2.75) is 307 Å². The number of fused-ring (bicyclic) bond motifs is 8. The van der Waals surface area contributed by atoms with E-state index in [9.17, 15) is 19.2 Å². The minimum atomic E-state index is 0. The van der Waals surface area contributed by atoms with Crippen molar-refractivity contribution in [2.24, 2.45) is 0 Å². The van der Waals surface area contributed by atoms with Crippen LogP contribution in [0.15, 0.2) is 425 Å². The van der Waals surface area contributed by atoms with E-state index in [2.05, 4.69) is 380 Å². The van der Waals surface area contributed by atoms with Gasteiger partial charge in [0.05, 0.1) is 0 Å². The van der Waals surface area contributed by atoms with Gasteiger partial charge in [-0.3, -0.25) is 0 Å². The molecule has 0 spiro atoms. The van der Waals surface area contributed by atoms with Gasteiger partial charge < -0.3 is 19.2 Å². The summed E-state index contributed by atoms with van der Waals surface area (Å²) in [5, 5.41) is 16.0. The van der Waals surface area contributed by atoms with Crippen molar-refractivity contribution < 1.29 is 19.2 Å². The van der Waals surface area contributed by atoms with Gasteiger partial charge in [0, 0.05) is 0 Å². The van der Waals surface area contributed by atoms with E-state index in [0.717, 1.165) is 19.3 Å². The lowest BCUT2D eigenvalue weighted by Gasteiger charge is -2.18. The average Bonchev–Trinajstić information content (AvgIpc) is 0.764. The number of carbonyl (C=O) groups is 4. The standard InChI is InChI=1S/C16H14.C14H12.C13H12.4C10H8.2C6H6.4C3H6O.C3H8.10C2H6.8CH4/c1-11-13-7-3-5-9-15(13)12(2)16-10-6-4-8-14(11)16;1-2-6-12-10-14-8-4-3-7-13(14)9-11(12)5-1;1-3-7-12(8-4-1)11-13-9-5-2-6-10-13;4*1-2-6-10-8-4-3-7-9(10)5-1;2*1-2-4-6-5-3-1;4*1-3(2)4;1-3-2;10*1-2;;;;;;;;/h3-10H,1-2H3;1-8H,9-10H2;1-10H,11H2;4*1-8H;2*1-6H;4*1-2H3;3H2,1-2H3;10*1-2H3;8*1H4. The topological polar surface area (TPSA) is 68.3 Å². The van der Waals surface area contributed by atoms with Crippen LogP contribution in [0.25, 0.3) is 64.6 Å². The third kappa shape index (κ3) is 79.7. The predicted octanol–water partition coefficient (Wildman–Crippen LogP) is 44.9. The SMILES string of the molecule is C.C.C.C.C.C.C.C.CC.CC.CC.CC.CC.CC.CC.CC.CC.CC.CC(C)=O.CC(C)=O.CC(C)=O.CC(C)=O.CCC.Cc1c2ccccc2c(C)c2ccccc12.c1ccc(Cc2ccccc2)cc1.c1ccc2c(c1)Cc1ccccc1C2.c1ccc2ccccc2c1.c1ccc2ccccc2c1.c1ccc2ccccc2c1.c1ccc2ccccc2c1.c1ccccc1.c1ccccc1. The lowest BCUT2D eigenvalue weighted by Crippen LogP contribution is -2.06. The molecule has 0 amide bonds. The maximum absolute atomic E-state index is 9.44. The molecule has 0 heterocycles. The van der Waals surface area contributed by atoms with Crippen molar-refractivity contribution in [3.63, 3.8) is 0 Å². The molecule has 0 saturated heterocycles. The van der Waals surface area contributed by atoms with Crippen LogP contribution >= 0.6 is 0 Å². The summed E-state index contributed by atoms with van der Waals surface area (Å²) in [6.45, 7) is 60.9. The smallest absolute Gasteiger partial charge is 0.126 e. The fraction of sp³-hybridized carbons (Fsp3) is 0.319. The van der Waals surface area contributed by atoms with Gasteiger partial charge in [-0.05, 0) is 198 Å². The second-order valence-electron chi connectivity index (χ2n) is 27.4. The van der Waals surface area contributed by atoms with Crippen molar-refractivity contribution >= 4 is 87.8 Å². The first-order valence-corrected chi connectivity index (χ1v) is 49.1. The summed E-state index contributed by atoms with van der Waals surface area (Å²) in [7, 11) is 0. The molecule has 0 N–H and O–H groups in total. The molecule has 782 valence electrons. The van der Waals surface area contributed by atoms with Gasteiger partial charge >= 0.3 is 0 Å². The Labute approximate surface area is 876 Å². The molecular weight excluding hydrogens is 1720 g/mol. The van der Waals surface area contributed by atoms with Gasteiger partial charge in [-0.1, -0.05) is 643 Å². The van der Waals surface area contributed by atoms with Gasteiger partial charge in [-0.25, -0.2) is 0 Å². The Morgan fingerprint density at radius 2 is 0.261 bits per heavy atom. The van der Waals surface area contributed by atoms with Crippen LogP contribution < -0.4 is 0 Å². The van der Waals surface area contributed by atoms with Crippen molar-refractivity contribution in [1.82, 2.24) is 0 Å². The first-order valence-electron chi connectivity index (χ1n) is 49.1. The van der Waals surface area contributed by atoms with Gasteiger partial charge in [0.15, 0.2) is 0 Å². The summed E-state index contributed by atoms with van der Waals surface area (Å²) >= 11 is 0. The van der Waals surface area contributed by atoms with E-state index in [-0.39, 0.29) is 82.5 Å². The van der Waals surface area contributed by atoms with Crippen LogP contribution in [-0.4, -0.2) is 23.1 Å². The summed E-state index contributed by atoms with van der Waals surface area (Å²) in [5.41, 5.74) is 11.5. The molecule has 0 saturated carbocycles. The molecule has 0 aliphatic heterocycles. The summed E-state index contributed by atoms with van der Waals surface area (Å²) < 4.78 is 0. The first-order chi connectivity index (χ1) is 65.4. The zero-order chi connectivity index (χ0) is 102. The second kappa shape index (κ2) is 117. The molecule has 17 aromatic rings. The van der Waals surface area contributed by atoms with Crippen LogP contribution in [0.2, 0.25) is 0 Å². The Hall–Kier alpha value is -13.0. The molecular formula is C138H206O4. The number of Topliss-reactive ketones (excluding diaryl/α,β-unsaturated/α-hetero) is 4. The van der Waals surface area contributed by atoms with Gasteiger partial charge in [-0.15, -0.1) is 0 Å². The number of carbonyl (C=O) groups excluding carboxylic acids is 4. The lowest BCUT2D eigenvalue weighted by molar-refractivity contribution is -0.115. The molecule has 4 nitrogen and oxygen atoms in total. The normalized spacial score (nSPS) is 8.23. The fourth-order valence-corrected chi connectivity index (χ4v) is 11.5. The highest BCUT2D eigenvalue weighted by atomic mass is 16.1. The Balaban J connectivity index is -0.000000104. The van der Waals surface area contributed by atoms with Crippen LogP contribution in [0.4, 0.5) is 0 Å². The number of benzene rings is 17. The lowest BCUT2D eigenvalue weighted by atomic mass is 9.86. The van der Waals surface area contributed by atoms with Gasteiger partial charge in [0.2, 0.25) is 0 Å². The molecule has 18 rings (SSSR count).